The van der Waals surface area contributed by atoms with Gasteiger partial charge in [0, 0.05) is 18.5 Å². The third-order valence-corrected chi connectivity index (χ3v) is 2.95. The van der Waals surface area contributed by atoms with Crippen molar-refractivity contribution in [1.82, 2.24) is 10.6 Å². The average Bonchev–Trinajstić information content (AvgIpc) is 2.18. The number of rotatable bonds is 4. The first-order valence-electron chi connectivity index (χ1n) is 5.76. The highest BCUT2D eigenvalue weighted by atomic mass is 16.3. The summed E-state index contributed by atoms with van der Waals surface area (Å²) in [5, 5.41) is 15.4. The molecule has 3 unspecified atom stereocenters. The van der Waals surface area contributed by atoms with E-state index in [0.717, 1.165) is 19.3 Å². The van der Waals surface area contributed by atoms with Gasteiger partial charge in [-0.2, -0.15) is 0 Å². The van der Waals surface area contributed by atoms with Gasteiger partial charge in [0.15, 0.2) is 0 Å². The highest BCUT2D eigenvalue weighted by Gasteiger charge is 2.23. The lowest BCUT2D eigenvalue weighted by Gasteiger charge is -2.27. The fraction of sp³-hybridized carbons (Fsp3) is 0.909. The highest BCUT2D eigenvalue weighted by molar-refractivity contribution is 5.78. The molecule has 3 N–H and O–H groups in total. The van der Waals surface area contributed by atoms with Gasteiger partial charge in [0.05, 0.1) is 6.10 Å². The van der Waals surface area contributed by atoms with E-state index in [1.165, 1.54) is 0 Å². The third-order valence-electron chi connectivity index (χ3n) is 2.95. The second kappa shape index (κ2) is 6.08. The van der Waals surface area contributed by atoms with Crippen LogP contribution in [0.15, 0.2) is 0 Å². The minimum absolute atomic E-state index is 0.00549. The third kappa shape index (κ3) is 4.18. The summed E-state index contributed by atoms with van der Waals surface area (Å²) in [6, 6.07) is 0.167. The van der Waals surface area contributed by atoms with Gasteiger partial charge < -0.3 is 15.7 Å². The molecule has 0 aromatic carbocycles. The molecule has 0 heterocycles. The monoisotopic (exact) mass is 214 g/mol. The second-order valence-corrected chi connectivity index (χ2v) is 4.48. The van der Waals surface area contributed by atoms with Crippen molar-refractivity contribution in [2.75, 3.05) is 13.6 Å². The molecular formula is C11H22N2O2. The summed E-state index contributed by atoms with van der Waals surface area (Å²) in [6.07, 6.45) is 3.35. The molecule has 3 atom stereocenters. The van der Waals surface area contributed by atoms with Gasteiger partial charge in [-0.3, -0.25) is 4.79 Å². The molecule has 0 aliphatic heterocycles. The van der Waals surface area contributed by atoms with Crippen molar-refractivity contribution < 1.29 is 9.90 Å². The molecule has 15 heavy (non-hydrogen) atoms. The number of hydrogen-bond acceptors (Lipinski definition) is 3. The molecule has 1 aliphatic rings. The molecule has 88 valence electrons. The van der Waals surface area contributed by atoms with E-state index in [9.17, 15) is 9.90 Å². The Morgan fingerprint density at radius 1 is 1.53 bits per heavy atom. The van der Waals surface area contributed by atoms with Crippen LogP contribution in [0, 0.1) is 5.92 Å². The smallest absolute Gasteiger partial charge is 0.224 e. The van der Waals surface area contributed by atoms with Crippen molar-refractivity contribution in [2.45, 2.75) is 44.8 Å². The molecule has 1 fully saturated rings. The number of nitrogens with one attached hydrogen (secondary N) is 2. The second-order valence-electron chi connectivity index (χ2n) is 4.48. The van der Waals surface area contributed by atoms with Gasteiger partial charge in [0.1, 0.15) is 0 Å². The molecule has 0 spiro atoms. The zero-order chi connectivity index (χ0) is 11.3. The van der Waals surface area contributed by atoms with Crippen LogP contribution in [0.25, 0.3) is 0 Å². The summed E-state index contributed by atoms with van der Waals surface area (Å²) in [7, 11) is 1.84. The fourth-order valence-corrected chi connectivity index (χ4v) is 2.04. The van der Waals surface area contributed by atoms with Crippen LogP contribution in [0.1, 0.15) is 32.6 Å². The molecule has 0 aromatic heterocycles. The number of hydrogen-bond donors (Lipinski definition) is 3. The zero-order valence-corrected chi connectivity index (χ0v) is 9.62. The highest BCUT2D eigenvalue weighted by Crippen LogP contribution is 2.18. The lowest BCUT2D eigenvalue weighted by atomic mass is 9.92. The molecule has 1 amide bonds. The van der Waals surface area contributed by atoms with Gasteiger partial charge in [0.25, 0.3) is 0 Å². The number of amides is 1. The molecule has 0 radical (unpaired) electrons. The van der Waals surface area contributed by atoms with Crippen molar-refractivity contribution in [3.63, 3.8) is 0 Å². The Labute approximate surface area is 91.4 Å². The molecule has 4 nitrogen and oxygen atoms in total. The van der Waals surface area contributed by atoms with Gasteiger partial charge in [-0.15, -0.1) is 0 Å². The molecule has 0 aromatic rings. The van der Waals surface area contributed by atoms with Crippen LogP contribution in [-0.2, 0) is 4.79 Å². The minimum Gasteiger partial charge on any atom is -0.393 e. The predicted molar refractivity (Wildman–Crippen MR) is 59.5 cm³/mol. The summed E-state index contributed by atoms with van der Waals surface area (Å²) in [5.74, 6) is 0.0810. The molecule has 4 heteroatoms. The van der Waals surface area contributed by atoms with E-state index < -0.39 is 0 Å². The molecule has 1 saturated carbocycles. The summed E-state index contributed by atoms with van der Waals surface area (Å²) in [6.45, 7) is 2.60. The summed E-state index contributed by atoms with van der Waals surface area (Å²) in [4.78, 5) is 11.7. The maximum atomic E-state index is 11.7. The average molecular weight is 214 g/mol. The number of carbonyl (C=O) groups is 1. The van der Waals surface area contributed by atoms with E-state index in [0.29, 0.717) is 13.0 Å². The molecule has 0 saturated heterocycles. The predicted octanol–water partition coefficient (Wildman–Crippen LogP) is 0.262. The Morgan fingerprint density at radius 2 is 2.27 bits per heavy atom. The largest absolute Gasteiger partial charge is 0.393 e. The lowest BCUT2D eigenvalue weighted by Crippen LogP contribution is -2.43. The van der Waals surface area contributed by atoms with Gasteiger partial charge in [-0.25, -0.2) is 0 Å². The van der Waals surface area contributed by atoms with Crippen molar-refractivity contribution in [2.24, 2.45) is 5.92 Å². The van der Waals surface area contributed by atoms with E-state index in [2.05, 4.69) is 10.6 Å². The van der Waals surface area contributed by atoms with Crippen LogP contribution >= 0.6 is 0 Å². The Bertz CT molecular complexity index is 209. The van der Waals surface area contributed by atoms with Gasteiger partial charge in [-0.05, 0) is 32.7 Å². The lowest BCUT2D eigenvalue weighted by molar-refractivity contribution is -0.125. The van der Waals surface area contributed by atoms with E-state index in [1.807, 2.05) is 14.0 Å². The Morgan fingerprint density at radius 3 is 2.87 bits per heavy atom. The van der Waals surface area contributed by atoms with Crippen molar-refractivity contribution in [3.8, 4) is 0 Å². The number of aliphatic hydroxyl groups is 1. The standard InChI is InChI=1S/C11H22N2O2/c1-8(7-12-2)11(15)13-9-4-3-5-10(14)6-9/h8-10,12,14H,3-7H2,1-2H3,(H,13,15). The number of carbonyl (C=O) groups excluding carboxylic acids is 1. The SMILES string of the molecule is CNCC(C)C(=O)NC1CCCC(O)C1. The maximum absolute atomic E-state index is 11.7. The fourth-order valence-electron chi connectivity index (χ4n) is 2.04. The van der Waals surface area contributed by atoms with E-state index in [4.69, 9.17) is 0 Å². The van der Waals surface area contributed by atoms with Crippen molar-refractivity contribution in [1.29, 1.82) is 0 Å². The molecule has 1 rings (SSSR count). The van der Waals surface area contributed by atoms with E-state index in [-0.39, 0.29) is 24.0 Å². The van der Waals surface area contributed by atoms with Crippen LogP contribution in [0.2, 0.25) is 0 Å². The van der Waals surface area contributed by atoms with Gasteiger partial charge in [-0.1, -0.05) is 6.92 Å². The number of aliphatic hydroxyl groups excluding tert-OH is 1. The first-order chi connectivity index (χ1) is 7.13. The first-order valence-corrected chi connectivity index (χ1v) is 5.76. The minimum atomic E-state index is -0.233. The Kier molecular flexibility index (Phi) is 5.05. The normalized spacial score (nSPS) is 28.5. The van der Waals surface area contributed by atoms with Crippen LogP contribution in [0.5, 0.6) is 0 Å². The Balaban J connectivity index is 2.30. The van der Waals surface area contributed by atoms with Crippen LogP contribution < -0.4 is 10.6 Å². The summed E-state index contributed by atoms with van der Waals surface area (Å²) < 4.78 is 0. The van der Waals surface area contributed by atoms with E-state index >= 15 is 0 Å². The molecule has 0 bridgehead atoms. The zero-order valence-electron chi connectivity index (χ0n) is 9.62. The van der Waals surface area contributed by atoms with Crippen LogP contribution in [-0.4, -0.2) is 36.8 Å². The summed E-state index contributed by atoms with van der Waals surface area (Å²) in [5.41, 5.74) is 0. The molecule has 1 aliphatic carbocycles. The van der Waals surface area contributed by atoms with Crippen molar-refractivity contribution in [3.05, 3.63) is 0 Å². The Hall–Kier alpha value is -0.610. The summed E-state index contributed by atoms with van der Waals surface area (Å²) >= 11 is 0. The molecular weight excluding hydrogens is 192 g/mol. The van der Waals surface area contributed by atoms with Gasteiger partial charge >= 0.3 is 0 Å². The quantitative estimate of drug-likeness (QED) is 0.629. The van der Waals surface area contributed by atoms with Gasteiger partial charge in [0.2, 0.25) is 5.91 Å². The topological polar surface area (TPSA) is 61.4 Å². The van der Waals surface area contributed by atoms with Crippen LogP contribution in [0.4, 0.5) is 0 Å². The van der Waals surface area contributed by atoms with Crippen LogP contribution in [0.3, 0.4) is 0 Å². The van der Waals surface area contributed by atoms with E-state index in [1.54, 1.807) is 0 Å². The maximum Gasteiger partial charge on any atom is 0.224 e. The van der Waals surface area contributed by atoms with Crippen molar-refractivity contribution >= 4 is 5.91 Å². The first kappa shape index (κ1) is 12.5.